The van der Waals surface area contributed by atoms with Gasteiger partial charge in [-0.1, -0.05) is 23.7 Å². The van der Waals surface area contributed by atoms with Gasteiger partial charge in [0.1, 0.15) is 16.0 Å². The molecule has 0 aliphatic carbocycles. The number of hydrogen-bond acceptors (Lipinski definition) is 6. The molecule has 1 fully saturated rings. The quantitative estimate of drug-likeness (QED) is 0.571. The fraction of sp³-hybridized carbons (Fsp3) is 0.217. The van der Waals surface area contributed by atoms with Crippen molar-refractivity contribution in [2.45, 2.75) is 10.3 Å². The van der Waals surface area contributed by atoms with Gasteiger partial charge in [0, 0.05) is 30.2 Å². The first kappa shape index (κ1) is 22.9. The van der Waals surface area contributed by atoms with Crippen molar-refractivity contribution in [1.82, 2.24) is 9.21 Å². The van der Waals surface area contributed by atoms with E-state index in [-0.39, 0.29) is 29.8 Å². The topological polar surface area (TPSA) is 96.0 Å². The minimum atomic E-state index is -3.74. The van der Waals surface area contributed by atoms with Crippen molar-refractivity contribution in [2.75, 3.05) is 32.1 Å². The molecule has 0 radical (unpaired) electrons. The number of thiophene rings is 1. The highest BCUT2D eigenvalue weighted by Gasteiger charge is 2.42. The molecule has 0 spiro atoms. The van der Waals surface area contributed by atoms with E-state index in [2.05, 4.69) is 5.32 Å². The summed E-state index contributed by atoms with van der Waals surface area (Å²) in [5.74, 6) is -0.166. The molecule has 176 valence electrons. The zero-order valence-electron chi connectivity index (χ0n) is 18.0. The van der Waals surface area contributed by atoms with Crippen molar-refractivity contribution in [3.05, 3.63) is 64.5 Å². The lowest BCUT2D eigenvalue weighted by molar-refractivity contribution is -0.121. The summed E-state index contributed by atoms with van der Waals surface area (Å²) in [6.07, 6.45) is 0. The summed E-state index contributed by atoms with van der Waals surface area (Å²) >= 11 is 7.30. The van der Waals surface area contributed by atoms with Gasteiger partial charge < -0.3 is 15.0 Å². The Labute approximate surface area is 205 Å². The molecule has 34 heavy (non-hydrogen) atoms. The zero-order chi connectivity index (χ0) is 24.0. The number of anilines is 1. The largest absolute Gasteiger partial charge is 0.496 e. The molecule has 1 unspecified atom stereocenters. The van der Waals surface area contributed by atoms with Gasteiger partial charge in [0.15, 0.2) is 0 Å². The fourth-order valence-electron chi connectivity index (χ4n) is 4.26. The molecular formula is C23H20ClN3O5S2. The number of carbonyl (C=O) groups is 2. The highest BCUT2D eigenvalue weighted by molar-refractivity contribution is 7.91. The minimum absolute atomic E-state index is 0.103. The second-order valence-electron chi connectivity index (χ2n) is 7.90. The van der Waals surface area contributed by atoms with Gasteiger partial charge in [-0.05, 0) is 47.3 Å². The Hall–Kier alpha value is -2.92. The third-order valence-electron chi connectivity index (χ3n) is 5.98. The van der Waals surface area contributed by atoms with Crippen LogP contribution in [-0.4, -0.2) is 62.2 Å². The molecule has 0 saturated carbocycles. The van der Waals surface area contributed by atoms with Gasteiger partial charge in [0.05, 0.1) is 18.4 Å². The number of piperazine rings is 1. The number of carbonyl (C=O) groups excluding carboxylic acids is 2. The van der Waals surface area contributed by atoms with Crippen LogP contribution in [-0.2, 0) is 14.8 Å². The summed E-state index contributed by atoms with van der Waals surface area (Å²) in [5.41, 5.74) is 2.12. The number of halogens is 1. The number of sulfonamides is 1. The number of amides is 2. The van der Waals surface area contributed by atoms with Crippen LogP contribution in [0.5, 0.6) is 5.75 Å². The van der Waals surface area contributed by atoms with Crippen molar-refractivity contribution in [2.24, 2.45) is 0 Å². The first-order chi connectivity index (χ1) is 16.3. The lowest BCUT2D eigenvalue weighted by Gasteiger charge is -2.38. The Morgan fingerprint density at radius 2 is 1.91 bits per heavy atom. The van der Waals surface area contributed by atoms with E-state index in [0.717, 1.165) is 11.3 Å². The van der Waals surface area contributed by atoms with Gasteiger partial charge in [-0.3, -0.25) is 9.59 Å². The summed E-state index contributed by atoms with van der Waals surface area (Å²) in [4.78, 5) is 28.0. The van der Waals surface area contributed by atoms with Gasteiger partial charge >= 0.3 is 0 Å². The molecule has 0 bridgehead atoms. The van der Waals surface area contributed by atoms with Crippen LogP contribution >= 0.6 is 22.9 Å². The number of ether oxygens (including phenoxy) is 1. The van der Waals surface area contributed by atoms with Crippen LogP contribution in [0.4, 0.5) is 5.69 Å². The summed E-state index contributed by atoms with van der Waals surface area (Å²) in [6.45, 7) is 0.0966. The van der Waals surface area contributed by atoms with Crippen molar-refractivity contribution >= 4 is 50.5 Å². The van der Waals surface area contributed by atoms with E-state index in [0.29, 0.717) is 33.1 Å². The number of methoxy groups -OCH3 is 1. The second-order valence-corrected chi connectivity index (χ2v) is 11.5. The Morgan fingerprint density at radius 1 is 1.09 bits per heavy atom. The van der Waals surface area contributed by atoms with Crippen molar-refractivity contribution in [1.29, 1.82) is 0 Å². The highest BCUT2D eigenvalue weighted by atomic mass is 35.5. The summed E-state index contributed by atoms with van der Waals surface area (Å²) in [6, 6.07) is 12.6. The predicted octanol–water partition coefficient (Wildman–Crippen LogP) is 3.54. The molecule has 1 aromatic heterocycles. The summed E-state index contributed by atoms with van der Waals surface area (Å²) in [5, 5.41) is 5.01. The predicted molar refractivity (Wildman–Crippen MR) is 130 cm³/mol. The van der Waals surface area contributed by atoms with E-state index in [9.17, 15) is 18.0 Å². The first-order valence-electron chi connectivity index (χ1n) is 10.4. The fourth-order valence-corrected chi connectivity index (χ4v) is 7.01. The lowest BCUT2D eigenvalue weighted by Crippen LogP contribution is -2.59. The van der Waals surface area contributed by atoms with Crippen LogP contribution in [0.3, 0.4) is 0 Å². The number of hydrogen-bond donors (Lipinski definition) is 1. The summed E-state index contributed by atoms with van der Waals surface area (Å²) in [7, 11) is -2.19. The van der Waals surface area contributed by atoms with E-state index in [1.165, 1.54) is 15.3 Å². The van der Waals surface area contributed by atoms with Crippen LogP contribution < -0.4 is 10.1 Å². The molecule has 11 heteroatoms. The van der Waals surface area contributed by atoms with E-state index >= 15 is 0 Å². The van der Waals surface area contributed by atoms with Crippen LogP contribution in [0.1, 0.15) is 10.4 Å². The van der Waals surface area contributed by atoms with E-state index in [4.69, 9.17) is 16.3 Å². The number of rotatable bonds is 4. The van der Waals surface area contributed by atoms with Crippen molar-refractivity contribution in [3.63, 3.8) is 0 Å². The number of fused-ring (bicyclic) bond motifs is 2. The molecule has 3 aromatic rings. The molecule has 1 saturated heterocycles. The smallest absolute Gasteiger partial charge is 0.256 e. The average molecular weight is 518 g/mol. The van der Waals surface area contributed by atoms with Crippen LogP contribution in [0.25, 0.3) is 11.1 Å². The Kier molecular flexibility index (Phi) is 5.85. The van der Waals surface area contributed by atoms with E-state index in [1.54, 1.807) is 55.0 Å². The average Bonchev–Trinajstić information content (AvgIpc) is 3.36. The molecule has 2 aromatic carbocycles. The standard InChI is InChI=1S/C23H20ClN3O5S2/c1-32-20-7-5-15(24)12-16(20)14-4-6-18-17(11-14)23(29)27-9-8-26(13-19(27)22(28)25-18)34(30,31)21-3-2-10-33-21/h2-7,10-12,19H,8-9,13H2,1H3,(H,25,28). The van der Waals surface area contributed by atoms with E-state index in [1.807, 2.05) is 0 Å². The third kappa shape index (κ3) is 3.86. The third-order valence-corrected chi connectivity index (χ3v) is 9.45. The van der Waals surface area contributed by atoms with Crippen LogP contribution in [0.2, 0.25) is 5.02 Å². The maximum Gasteiger partial charge on any atom is 0.256 e. The number of nitrogens with one attached hydrogen (secondary N) is 1. The second kappa shape index (κ2) is 8.70. The number of benzene rings is 2. The Morgan fingerprint density at radius 3 is 2.65 bits per heavy atom. The molecule has 1 N–H and O–H groups in total. The maximum absolute atomic E-state index is 13.5. The van der Waals surface area contributed by atoms with Crippen molar-refractivity contribution < 1.29 is 22.7 Å². The molecule has 2 aliphatic heterocycles. The minimum Gasteiger partial charge on any atom is -0.496 e. The monoisotopic (exact) mass is 517 g/mol. The Balaban J connectivity index is 1.49. The highest BCUT2D eigenvalue weighted by Crippen LogP contribution is 2.36. The zero-order valence-corrected chi connectivity index (χ0v) is 20.4. The van der Waals surface area contributed by atoms with Gasteiger partial charge in [-0.2, -0.15) is 4.31 Å². The van der Waals surface area contributed by atoms with Gasteiger partial charge in [0.2, 0.25) is 5.91 Å². The van der Waals surface area contributed by atoms with Gasteiger partial charge in [-0.25, -0.2) is 8.42 Å². The molecule has 2 amide bonds. The first-order valence-corrected chi connectivity index (χ1v) is 13.1. The number of nitrogens with zero attached hydrogens (tertiary/aromatic N) is 2. The molecule has 1 atom stereocenters. The normalized spacial score (nSPS) is 18.6. The van der Waals surface area contributed by atoms with Crippen LogP contribution in [0, 0.1) is 0 Å². The maximum atomic E-state index is 13.5. The van der Waals surface area contributed by atoms with E-state index < -0.39 is 22.0 Å². The van der Waals surface area contributed by atoms with Crippen LogP contribution in [0.15, 0.2) is 58.1 Å². The molecule has 5 rings (SSSR count). The molecular weight excluding hydrogens is 498 g/mol. The molecule has 2 aliphatic rings. The SMILES string of the molecule is COc1ccc(Cl)cc1-c1ccc2c(c1)C(=O)N1CCN(S(=O)(=O)c3cccs3)CC1C(=O)N2. The van der Waals surface area contributed by atoms with Crippen molar-refractivity contribution in [3.8, 4) is 16.9 Å². The Bertz CT molecular complexity index is 1390. The van der Waals surface area contributed by atoms with Gasteiger partial charge in [-0.15, -0.1) is 11.3 Å². The van der Waals surface area contributed by atoms with Gasteiger partial charge in [0.25, 0.3) is 15.9 Å². The lowest BCUT2D eigenvalue weighted by atomic mass is 10.00. The summed E-state index contributed by atoms with van der Waals surface area (Å²) < 4.78 is 32.9. The molecule has 3 heterocycles. The molecule has 8 nitrogen and oxygen atoms in total.